The van der Waals surface area contributed by atoms with Crippen LogP contribution in [0.2, 0.25) is 0 Å². The molecule has 8 heteroatoms. The predicted octanol–water partition coefficient (Wildman–Crippen LogP) is 1.45. The zero-order valence-corrected chi connectivity index (χ0v) is 16.9. The average molecular weight is 384 g/mol. The highest BCUT2D eigenvalue weighted by Crippen LogP contribution is 2.19. The summed E-state index contributed by atoms with van der Waals surface area (Å²) in [6, 6.07) is 11.4. The second-order valence-electron chi connectivity index (χ2n) is 7.33. The number of piperazine rings is 1. The number of nitrogens with one attached hydrogen (secondary N) is 2. The molecule has 0 bridgehead atoms. The molecule has 0 unspecified atom stereocenters. The van der Waals surface area contributed by atoms with Crippen LogP contribution in [0.1, 0.15) is 10.5 Å². The molecular weight excluding hydrogens is 354 g/mol. The molecule has 150 valence electrons. The van der Waals surface area contributed by atoms with Crippen LogP contribution in [0.3, 0.4) is 0 Å². The van der Waals surface area contributed by atoms with E-state index in [1.54, 1.807) is 12.1 Å². The quantitative estimate of drug-likeness (QED) is 0.749. The Labute approximate surface area is 166 Å². The fraction of sp³-hybridized carbons (Fsp3) is 0.450. The Morgan fingerprint density at radius 2 is 1.75 bits per heavy atom. The van der Waals surface area contributed by atoms with Crippen LogP contribution in [0.5, 0.6) is 0 Å². The van der Waals surface area contributed by atoms with Crippen LogP contribution in [-0.2, 0) is 0 Å². The second-order valence-corrected chi connectivity index (χ2v) is 7.33. The molecule has 0 radical (unpaired) electrons. The summed E-state index contributed by atoms with van der Waals surface area (Å²) in [5.74, 6) is 0.398. The van der Waals surface area contributed by atoms with Gasteiger partial charge in [-0.1, -0.05) is 0 Å². The number of anilines is 3. The molecule has 0 aliphatic carbocycles. The molecule has 2 N–H and O–H groups in total. The van der Waals surface area contributed by atoms with E-state index < -0.39 is 0 Å². The molecule has 1 aromatic carbocycles. The van der Waals surface area contributed by atoms with Crippen molar-refractivity contribution in [2.75, 3.05) is 75.9 Å². The first-order chi connectivity index (χ1) is 13.5. The number of hydrogen-bond acceptors (Lipinski definition) is 7. The Balaban J connectivity index is 1.52. The van der Waals surface area contributed by atoms with E-state index in [2.05, 4.69) is 42.6 Å². The maximum absolute atomic E-state index is 12.4. The van der Waals surface area contributed by atoms with Crippen LogP contribution >= 0.6 is 0 Å². The van der Waals surface area contributed by atoms with E-state index in [0.29, 0.717) is 11.5 Å². The first-order valence-corrected chi connectivity index (χ1v) is 9.58. The smallest absolute Gasteiger partial charge is 0.276 e. The molecule has 0 saturated carbocycles. The molecule has 0 spiro atoms. The summed E-state index contributed by atoms with van der Waals surface area (Å²) < 4.78 is 0. The predicted molar refractivity (Wildman–Crippen MR) is 113 cm³/mol. The summed E-state index contributed by atoms with van der Waals surface area (Å²) in [4.78, 5) is 19.2. The molecule has 1 aliphatic heterocycles. The average Bonchev–Trinajstić information content (AvgIpc) is 2.69. The molecule has 1 amide bonds. The van der Waals surface area contributed by atoms with E-state index in [0.717, 1.165) is 45.0 Å². The molecule has 8 nitrogen and oxygen atoms in total. The molecule has 2 aromatic rings. The van der Waals surface area contributed by atoms with Gasteiger partial charge in [0.1, 0.15) is 5.82 Å². The van der Waals surface area contributed by atoms with E-state index >= 15 is 0 Å². The highest BCUT2D eigenvalue weighted by molar-refractivity contribution is 6.02. The third-order valence-corrected chi connectivity index (χ3v) is 4.76. The minimum Gasteiger partial charge on any atom is -0.369 e. The van der Waals surface area contributed by atoms with Crippen molar-refractivity contribution in [3.63, 3.8) is 0 Å². The van der Waals surface area contributed by atoms with Gasteiger partial charge >= 0.3 is 0 Å². The Hall–Kier alpha value is -2.71. The van der Waals surface area contributed by atoms with E-state index in [9.17, 15) is 4.79 Å². The Kier molecular flexibility index (Phi) is 6.78. The summed E-state index contributed by atoms with van der Waals surface area (Å²) in [5.41, 5.74) is 2.22. The fourth-order valence-electron chi connectivity index (χ4n) is 2.97. The first kappa shape index (κ1) is 20.0. The van der Waals surface area contributed by atoms with E-state index in [1.165, 1.54) is 5.69 Å². The lowest BCUT2D eigenvalue weighted by Gasteiger charge is -2.34. The third kappa shape index (κ3) is 5.64. The van der Waals surface area contributed by atoms with E-state index in [1.807, 2.05) is 38.4 Å². The van der Waals surface area contributed by atoms with Crippen LogP contribution in [-0.4, -0.2) is 86.3 Å². The zero-order valence-electron chi connectivity index (χ0n) is 16.9. The molecule has 28 heavy (non-hydrogen) atoms. The lowest BCUT2D eigenvalue weighted by molar-refractivity contribution is 0.102. The molecule has 0 atom stereocenters. The number of rotatable bonds is 7. The topological polar surface area (TPSA) is 76.6 Å². The van der Waals surface area contributed by atoms with Gasteiger partial charge in [-0.05, 0) is 57.5 Å². The molecule has 1 aliphatic rings. The van der Waals surface area contributed by atoms with Crippen molar-refractivity contribution in [2.24, 2.45) is 0 Å². The van der Waals surface area contributed by atoms with Gasteiger partial charge in [-0.25, -0.2) is 0 Å². The number of aromatic nitrogens is 2. The van der Waals surface area contributed by atoms with Gasteiger partial charge in [-0.3, -0.25) is 4.79 Å². The standard InChI is InChI=1S/C20H29N7O/c1-25(2)11-10-21-19-9-8-18(23-24-19)20(28)22-16-4-6-17(7-5-16)27-14-12-26(3)13-15-27/h4-9H,10-15H2,1-3H3,(H,21,24)(H,22,28). The zero-order chi connectivity index (χ0) is 19.9. The van der Waals surface area contributed by atoms with Gasteiger partial charge in [0, 0.05) is 50.6 Å². The molecule has 2 heterocycles. The highest BCUT2D eigenvalue weighted by atomic mass is 16.1. The van der Waals surface area contributed by atoms with E-state index in [-0.39, 0.29) is 5.91 Å². The van der Waals surface area contributed by atoms with Gasteiger partial charge < -0.3 is 25.3 Å². The Morgan fingerprint density at radius 3 is 2.36 bits per heavy atom. The number of carbonyl (C=O) groups excluding carboxylic acids is 1. The van der Waals surface area contributed by atoms with E-state index in [4.69, 9.17) is 0 Å². The van der Waals surface area contributed by atoms with Gasteiger partial charge in [-0.2, -0.15) is 0 Å². The number of carbonyl (C=O) groups is 1. The molecule has 1 saturated heterocycles. The summed E-state index contributed by atoms with van der Waals surface area (Å²) in [5, 5.41) is 14.1. The molecule has 1 fully saturated rings. The number of hydrogen-bond donors (Lipinski definition) is 2. The normalized spacial score (nSPS) is 14.9. The first-order valence-electron chi connectivity index (χ1n) is 9.58. The minimum atomic E-state index is -0.264. The Bertz CT molecular complexity index is 753. The minimum absolute atomic E-state index is 0.264. The van der Waals surface area contributed by atoms with Crippen molar-refractivity contribution in [3.05, 3.63) is 42.1 Å². The van der Waals surface area contributed by atoms with Crippen LogP contribution in [0, 0.1) is 0 Å². The van der Waals surface area contributed by atoms with Crippen LogP contribution < -0.4 is 15.5 Å². The van der Waals surface area contributed by atoms with Gasteiger partial charge in [0.25, 0.3) is 5.91 Å². The Morgan fingerprint density at radius 1 is 1.04 bits per heavy atom. The molecule has 1 aromatic heterocycles. The summed E-state index contributed by atoms with van der Waals surface area (Å²) in [6.45, 7) is 5.84. The lowest BCUT2D eigenvalue weighted by Crippen LogP contribution is -2.44. The van der Waals surface area contributed by atoms with Crippen molar-refractivity contribution in [1.82, 2.24) is 20.0 Å². The van der Waals surface area contributed by atoms with Crippen LogP contribution in [0.15, 0.2) is 36.4 Å². The van der Waals surface area contributed by atoms with Crippen molar-refractivity contribution in [2.45, 2.75) is 0 Å². The van der Waals surface area contributed by atoms with Gasteiger partial charge in [0.2, 0.25) is 0 Å². The van der Waals surface area contributed by atoms with Crippen molar-refractivity contribution in [1.29, 1.82) is 0 Å². The number of likely N-dealkylation sites (N-methyl/N-ethyl adjacent to an activating group) is 2. The van der Waals surface area contributed by atoms with Crippen molar-refractivity contribution >= 4 is 23.1 Å². The highest BCUT2D eigenvalue weighted by Gasteiger charge is 2.14. The second kappa shape index (κ2) is 9.48. The number of nitrogens with zero attached hydrogens (tertiary/aromatic N) is 5. The largest absolute Gasteiger partial charge is 0.369 e. The lowest BCUT2D eigenvalue weighted by atomic mass is 10.2. The van der Waals surface area contributed by atoms with Crippen molar-refractivity contribution < 1.29 is 4.79 Å². The number of amides is 1. The van der Waals surface area contributed by atoms with Gasteiger partial charge in [0.05, 0.1) is 0 Å². The SMILES string of the molecule is CN(C)CCNc1ccc(C(=O)Nc2ccc(N3CCN(C)CC3)cc2)nn1. The third-order valence-electron chi connectivity index (χ3n) is 4.76. The monoisotopic (exact) mass is 383 g/mol. The maximum Gasteiger partial charge on any atom is 0.276 e. The maximum atomic E-state index is 12.4. The summed E-state index contributed by atoms with van der Waals surface area (Å²) in [6.07, 6.45) is 0. The summed E-state index contributed by atoms with van der Waals surface area (Å²) >= 11 is 0. The van der Waals surface area contributed by atoms with Crippen LogP contribution in [0.25, 0.3) is 0 Å². The number of benzene rings is 1. The fourth-order valence-corrected chi connectivity index (χ4v) is 2.97. The van der Waals surface area contributed by atoms with Gasteiger partial charge in [0.15, 0.2) is 5.69 Å². The van der Waals surface area contributed by atoms with Gasteiger partial charge in [-0.15, -0.1) is 10.2 Å². The molecule has 3 rings (SSSR count). The van der Waals surface area contributed by atoms with Crippen LogP contribution in [0.4, 0.5) is 17.2 Å². The van der Waals surface area contributed by atoms with Crippen molar-refractivity contribution in [3.8, 4) is 0 Å². The molecular formula is C20H29N7O. The summed E-state index contributed by atoms with van der Waals surface area (Å²) in [7, 11) is 6.17.